The summed E-state index contributed by atoms with van der Waals surface area (Å²) in [6.45, 7) is 0.616. The molecule has 1 aromatic carbocycles. The van der Waals surface area contributed by atoms with Crippen LogP contribution in [0.4, 0.5) is 0 Å². The van der Waals surface area contributed by atoms with Crippen LogP contribution in [0.2, 0.25) is 0 Å². The van der Waals surface area contributed by atoms with E-state index in [2.05, 4.69) is 43.5 Å². The Hall–Kier alpha value is -3.41. The van der Waals surface area contributed by atoms with E-state index in [4.69, 9.17) is 0 Å². The third kappa shape index (κ3) is 2.08. The highest BCUT2D eigenvalue weighted by molar-refractivity contribution is 6.14. The third-order valence-electron chi connectivity index (χ3n) is 4.08. The van der Waals surface area contributed by atoms with Gasteiger partial charge < -0.3 is 0 Å². The molecule has 0 fully saturated rings. The predicted octanol–water partition coefficient (Wildman–Crippen LogP) is 2.85. The standard InChI is InChI=1S/C18H12N6/c1-2-13-8-12(3-4-15(13)20-7-1)11-24-18-17(22-23-24)6-5-16(21-18)14-9-19-10-14/h1-10H,11H2. The van der Waals surface area contributed by atoms with E-state index in [9.17, 15) is 0 Å². The average molecular weight is 312 g/mol. The SMILES string of the molecule is C1=NC=C1c1ccc2nnn(Cc3ccc4ncccc4c3)c2n1. The zero-order valence-corrected chi connectivity index (χ0v) is 12.7. The molecule has 0 atom stereocenters. The fourth-order valence-electron chi connectivity index (χ4n) is 2.80. The Bertz CT molecular complexity index is 1140. The van der Waals surface area contributed by atoms with Crippen LogP contribution < -0.4 is 0 Å². The quantitative estimate of drug-likeness (QED) is 0.583. The van der Waals surface area contributed by atoms with Gasteiger partial charge in [-0.2, -0.15) is 0 Å². The van der Waals surface area contributed by atoms with Crippen molar-refractivity contribution in [2.24, 2.45) is 4.99 Å². The second kappa shape index (κ2) is 5.06. The Labute approximate surface area is 137 Å². The van der Waals surface area contributed by atoms with Crippen LogP contribution in [0.15, 0.2) is 59.9 Å². The summed E-state index contributed by atoms with van der Waals surface area (Å²) in [6.07, 6.45) is 5.41. The number of pyridine rings is 2. The van der Waals surface area contributed by atoms with E-state index in [0.717, 1.165) is 38.9 Å². The number of nitrogens with zero attached hydrogens (tertiary/aromatic N) is 6. The van der Waals surface area contributed by atoms with Gasteiger partial charge in [0.25, 0.3) is 0 Å². The van der Waals surface area contributed by atoms with E-state index in [0.29, 0.717) is 6.54 Å². The molecule has 24 heavy (non-hydrogen) atoms. The fourth-order valence-corrected chi connectivity index (χ4v) is 2.80. The summed E-state index contributed by atoms with van der Waals surface area (Å²) in [6, 6.07) is 14.1. The van der Waals surface area contributed by atoms with Gasteiger partial charge in [0.1, 0.15) is 5.52 Å². The molecule has 5 rings (SSSR count). The number of aliphatic imine (C=N–C) groups is 1. The van der Waals surface area contributed by atoms with Crippen molar-refractivity contribution in [2.75, 3.05) is 0 Å². The minimum absolute atomic E-state index is 0.616. The smallest absolute Gasteiger partial charge is 0.179 e. The molecule has 0 N–H and O–H groups in total. The van der Waals surface area contributed by atoms with Gasteiger partial charge in [-0.05, 0) is 35.9 Å². The molecular formula is C18H12N6. The molecule has 0 saturated heterocycles. The van der Waals surface area contributed by atoms with Gasteiger partial charge >= 0.3 is 0 Å². The van der Waals surface area contributed by atoms with Crippen molar-refractivity contribution >= 4 is 33.9 Å². The average Bonchev–Trinajstić information content (AvgIpc) is 2.96. The Morgan fingerprint density at radius 3 is 2.79 bits per heavy atom. The van der Waals surface area contributed by atoms with Gasteiger partial charge in [0.05, 0.1) is 17.8 Å². The molecule has 114 valence electrons. The van der Waals surface area contributed by atoms with Crippen molar-refractivity contribution in [1.82, 2.24) is 25.0 Å². The summed E-state index contributed by atoms with van der Waals surface area (Å²) in [5, 5.41) is 9.57. The molecule has 6 nitrogen and oxygen atoms in total. The van der Waals surface area contributed by atoms with E-state index >= 15 is 0 Å². The van der Waals surface area contributed by atoms with Gasteiger partial charge in [-0.15, -0.1) is 5.10 Å². The number of hydrogen-bond donors (Lipinski definition) is 0. The highest BCUT2D eigenvalue weighted by Gasteiger charge is 2.11. The van der Waals surface area contributed by atoms with Crippen LogP contribution in [0.1, 0.15) is 11.3 Å². The molecule has 0 bridgehead atoms. The van der Waals surface area contributed by atoms with Crippen molar-refractivity contribution in [3.8, 4) is 0 Å². The van der Waals surface area contributed by atoms with E-state index in [1.54, 1.807) is 18.6 Å². The highest BCUT2D eigenvalue weighted by atomic mass is 15.4. The van der Waals surface area contributed by atoms with E-state index in [-0.39, 0.29) is 0 Å². The topological polar surface area (TPSA) is 68.8 Å². The molecule has 0 amide bonds. The van der Waals surface area contributed by atoms with Crippen molar-refractivity contribution < 1.29 is 0 Å². The van der Waals surface area contributed by atoms with E-state index in [1.165, 1.54) is 0 Å². The molecule has 4 heterocycles. The summed E-state index contributed by atoms with van der Waals surface area (Å²) < 4.78 is 1.83. The van der Waals surface area contributed by atoms with Crippen LogP contribution >= 0.6 is 0 Å². The Kier molecular flexibility index (Phi) is 2.75. The molecule has 4 aromatic rings. The predicted molar refractivity (Wildman–Crippen MR) is 92.6 cm³/mol. The van der Waals surface area contributed by atoms with Gasteiger partial charge in [0.2, 0.25) is 0 Å². The molecule has 3 aromatic heterocycles. The maximum Gasteiger partial charge on any atom is 0.179 e. The largest absolute Gasteiger partial charge is 0.263 e. The van der Waals surface area contributed by atoms with Crippen LogP contribution in [-0.4, -0.2) is 31.2 Å². The molecule has 0 aliphatic carbocycles. The van der Waals surface area contributed by atoms with Crippen molar-refractivity contribution in [1.29, 1.82) is 0 Å². The summed E-state index contributed by atoms with van der Waals surface area (Å²) in [5.41, 5.74) is 5.61. The Morgan fingerprint density at radius 2 is 1.92 bits per heavy atom. The second-order valence-corrected chi connectivity index (χ2v) is 5.68. The molecular weight excluding hydrogens is 300 g/mol. The first-order valence-electron chi connectivity index (χ1n) is 7.64. The van der Waals surface area contributed by atoms with Crippen LogP contribution in [-0.2, 0) is 6.54 Å². The number of hydrogen-bond acceptors (Lipinski definition) is 5. The second-order valence-electron chi connectivity index (χ2n) is 5.68. The van der Waals surface area contributed by atoms with Gasteiger partial charge in [-0.1, -0.05) is 17.3 Å². The van der Waals surface area contributed by atoms with Gasteiger partial charge in [0, 0.05) is 29.6 Å². The van der Waals surface area contributed by atoms with Crippen molar-refractivity contribution in [2.45, 2.75) is 6.54 Å². The molecule has 0 radical (unpaired) electrons. The van der Waals surface area contributed by atoms with Gasteiger partial charge in [-0.25, -0.2) is 9.67 Å². The normalized spacial score (nSPS) is 13.2. The van der Waals surface area contributed by atoms with Crippen LogP contribution in [0.5, 0.6) is 0 Å². The molecule has 0 unspecified atom stereocenters. The van der Waals surface area contributed by atoms with Crippen molar-refractivity contribution in [3.05, 3.63) is 66.1 Å². The maximum absolute atomic E-state index is 4.68. The number of allylic oxidation sites excluding steroid dienone is 1. The highest BCUT2D eigenvalue weighted by Crippen LogP contribution is 2.20. The Balaban J connectivity index is 1.55. The van der Waals surface area contributed by atoms with Crippen LogP contribution in [0.25, 0.3) is 27.6 Å². The molecule has 1 aliphatic heterocycles. The molecule has 6 heteroatoms. The summed E-state index contributed by atoms with van der Waals surface area (Å²) in [4.78, 5) is 13.0. The lowest BCUT2D eigenvalue weighted by atomic mass is 10.1. The minimum atomic E-state index is 0.616. The molecule has 0 spiro atoms. The number of aromatic nitrogens is 5. The summed E-state index contributed by atoms with van der Waals surface area (Å²) >= 11 is 0. The summed E-state index contributed by atoms with van der Waals surface area (Å²) in [7, 11) is 0. The molecule has 0 saturated carbocycles. The molecule has 1 aliphatic rings. The first kappa shape index (κ1) is 13.1. The van der Waals surface area contributed by atoms with Crippen LogP contribution in [0, 0.1) is 0 Å². The Morgan fingerprint density at radius 1 is 1.00 bits per heavy atom. The maximum atomic E-state index is 4.68. The zero-order valence-electron chi connectivity index (χ0n) is 12.7. The minimum Gasteiger partial charge on any atom is -0.263 e. The van der Waals surface area contributed by atoms with E-state index in [1.807, 2.05) is 28.9 Å². The van der Waals surface area contributed by atoms with E-state index < -0.39 is 0 Å². The first-order chi connectivity index (χ1) is 11.9. The number of fused-ring (bicyclic) bond motifs is 2. The fraction of sp³-hybridized carbons (Fsp3) is 0.0556. The third-order valence-corrected chi connectivity index (χ3v) is 4.08. The van der Waals surface area contributed by atoms with Gasteiger partial charge in [-0.3, -0.25) is 9.98 Å². The van der Waals surface area contributed by atoms with Crippen molar-refractivity contribution in [3.63, 3.8) is 0 Å². The number of rotatable bonds is 3. The zero-order chi connectivity index (χ0) is 15.9. The van der Waals surface area contributed by atoms with Crippen LogP contribution in [0.3, 0.4) is 0 Å². The summed E-state index contributed by atoms with van der Waals surface area (Å²) in [5.74, 6) is 0. The lowest BCUT2D eigenvalue weighted by Crippen LogP contribution is -2.04. The number of benzene rings is 1. The lowest BCUT2D eigenvalue weighted by Gasteiger charge is -2.07. The lowest BCUT2D eigenvalue weighted by molar-refractivity contribution is 0.664. The first-order valence-corrected chi connectivity index (χ1v) is 7.64. The van der Waals surface area contributed by atoms with Gasteiger partial charge in [0.15, 0.2) is 5.65 Å². The monoisotopic (exact) mass is 312 g/mol.